The van der Waals surface area contributed by atoms with E-state index in [-0.39, 0.29) is 12.0 Å². The Morgan fingerprint density at radius 3 is 1.95 bits per heavy atom. The van der Waals surface area contributed by atoms with Crippen molar-refractivity contribution < 1.29 is 4.74 Å². The third kappa shape index (κ3) is 5.30. The predicted octanol–water partition coefficient (Wildman–Crippen LogP) is 14.7. The number of allylic oxidation sites excluding steroid dienone is 2. The van der Waals surface area contributed by atoms with E-state index in [9.17, 15) is 0 Å². The molecule has 1 aromatic heterocycles. The van der Waals surface area contributed by atoms with Crippen molar-refractivity contribution in [1.29, 1.82) is 0 Å². The summed E-state index contributed by atoms with van der Waals surface area (Å²) in [7, 11) is 0. The summed E-state index contributed by atoms with van der Waals surface area (Å²) in [4.78, 5) is 10.9. The van der Waals surface area contributed by atoms with E-state index in [1.165, 1.54) is 60.2 Å². The second-order valence-corrected chi connectivity index (χ2v) is 16.4. The maximum atomic E-state index is 6.78. The van der Waals surface area contributed by atoms with E-state index in [1.807, 2.05) is 0 Å². The fraction of sp³-hybridized carbons (Fsp3) is 0.0345. The SMILES string of the molecule is C1=C2c3ccccc3OC2C2C(=C1)C(c1ccccc1)=Nc1cc(-c3cccc(-c4cc5c(-c6ccccc6)nc6cc7ccccc7cc6c5c5ccccc45)c3)ccc12. The van der Waals surface area contributed by atoms with Crippen molar-refractivity contribution >= 4 is 60.2 Å². The van der Waals surface area contributed by atoms with E-state index < -0.39 is 0 Å². The van der Waals surface area contributed by atoms with Crippen molar-refractivity contribution in [2.24, 2.45) is 4.99 Å². The van der Waals surface area contributed by atoms with Gasteiger partial charge in [-0.3, -0.25) is 0 Å². The average Bonchev–Trinajstić information content (AvgIpc) is 3.72. The van der Waals surface area contributed by atoms with Crippen molar-refractivity contribution in [3.8, 4) is 39.3 Å². The first-order valence-electron chi connectivity index (χ1n) is 21.0. The minimum absolute atomic E-state index is 0.0148. The normalized spacial score (nSPS) is 16.3. The molecule has 0 spiro atoms. The Kier molecular flexibility index (Phi) is 7.43. The van der Waals surface area contributed by atoms with Crippen LogP contribution >= 0.6 is 0 Å². The van der Waals surface area contributed by atoms with Crippen LogP contribution in [0.1, 0.15) is 22.6 Å². The number of para-hydroxylation sites is 1. The van der Waals surface area contributed by atoms with Gasteiger partial charge < -0.3 is 4.74 Å². The summed E-state index contributed by atoms with van der Waals surface area (Å²) in [6.45, 7) is 0. The van der Waals surface area contributed by atoms with Crippen LogP contribution in [0.15, 0.2) is 217 Å². The second-order valence-electron chi connectivity index (χ2n) is 16.4. The van der Waals surface area contributed by atoms with Gasteiger partial charge in [0.15, 0.2) is 0 Å². The molecule has 3 heterocycles. The number of hydrogen-bond donors (Lipinski definition) is 0. The van der Waals surface area contributed by atoms with Crippen LogP contribution in [-0.4, -0.2) is 16.8 Å². The largest absolute Gasteiger partial charge is 0.484 e. The first-order valence-corrected chi connectivity index (χ1v) is 21.0. The van der Waals surface area contributed by atoms with E-state index in [4.69, 9.17) is 14.7 Å². The molecule has 61 heavy (non-hydrogen) atoms. The Labute approximate surface area is 353 Å². The molecule has 0 radical (unpaired) electrons. The minimum atomic E-state index is -0.119. The monoisotopic (exact) mass is 776 g/mol. The summed E-state index contributed by atoms with van der Waals surface area (Å²) < 4.78 is 6.78. The molecule has 1 aliphatic carbocycles. The number of pyridine rings is 1. The van der Waals surface area contributed by atoms with Crippen LogP contribution in [0.25, 0.3) is 82.3 Å². The molecule has 284 valence electrons. The molecule has 0 fully saturated rings. The van der Waals surface area contributed by atoms with Gasteiger partial charge >= 0.3 is 0 Å². The summed E-state index contributed by atoms with van der Waals surface area (Å²) in [5, 5.41) is 8.38. The lowest BCUT2D eigenvalue weighted by molar-refractivity contribution is 0.255. The smallest absolute Gasteiger partial charge is 0.135 e. The van der Waals surface area contributed by atoms with Gasteiger partial charge in [0.2, 0.25) is 0 Å². The number of nitrogens with zero attached hydrogens (tertiary/aromatic N) is 2. The van der Waals surface area contributed by atoms with E-state index in [1.54, 1.807) is 0 Å². The second kappa shape index (κ2) is 13.3. The number of ether oxygens (including phenoxy) is 1. The van der Waals surface area contributed by atoms with Gasteiger partial charge in [0.1, 0.15) is 11.9 Å². The highest BCUT2D eigenvalue weighted by Gasteiger charge is 2.43. The summed E-state index contributed by atoms with van der Waals surface area (Å²) >= 11 is 0. The summed E-state index contributed by atoms with van der Waals surface area (Å²) in [6.07, 6.45) is 4.39. The minimum Gasteiger partial charge on any atom is -0.484 e. The molecular weight excluding hydrogens is 741 g/mol. The van der Waals surface area contributed by atoms with Gasteiger partial charge in [0.05, 0.1) is 28.5 Å². The molecule has 10 aromatic rings. The fourth-order valence-corrected chi connectivity index (χ4v) is 10.2. The molecule has 2 aliphatic heterocycles. The maximum absolute atomic E-state index is 6.78. The lowest BCUT2D eigenvalue weighted by Crippen LogP contribution is -2.31. The van der Waals surface area contributed by atoms with Crippen LogP contribution in [-0.2, 0) is 0 Å². The van der Waals surface area contributed by atoms with Gasteiger partial charge in [-0.25, -0.2) is 9.98 Å². The standard InChI is InChI=1S/C58H36N2O/c1-3-14-35(15-4-1)56-47-29-28-45-43-23-11-12-25-53(43)61-58(45)55(47)46-27-26-40(33-51(46)59-56)37-20-13-21-41(30-37)48-34-50-54(44-24-10-9-22-42(44)48)49-31-38-18-7-8-19-39(38)32-52(49)60-57(50)36-16-5-2-6-17-36/h1-34,55,58H. The third-order valence-electron chi connectivity index (χ3n) is 13.0. The van der Waals surface area contributed by atoms with Crippen molar-refractivity contribution in [2.75, 3.05) is 0 Å². The molecule has 3 heteroatoms. The fourth-order valence-electron chi connectivity index (χ4n) is 10.2. The molecule has 0 saturated heterocycles. The Balaban J connectivity index is 0.986. The van der Waals surface area contributed by atoms with Gasteiger partial charge in [-0.05, 0) is 91.3 Å². The number of fused-ring (bicyclic) bond motifs is 13. The lowest BCUT2D eigenvalue weighted by atomic mass is 9.73. The van der Waals surface area contributed by atoms with Gasteiger partial charge in [-0.1, -0.05) is 170 Å². The van der Waals surface area contributed by atoms with E-state index in [2.05, 4.69) is 206 Å². The Morgan fingerprint density at radius 1 is 0.426 bits per heavy atom. The lowest BCUT2D eigenvalue weighted by Gasteiger charge is -2.34. The Bertz CT molecular complexity index is 3560. The Hall–Kier alpha value is -7.88. The molecule has 0 N–H and O–H groups in total. The zero-order valence-electron chi connectivity index (χ0n) is 33.1. The molecular formula is C58H36N2O. The van der Waals surface area contributed by atoms with Crippen molar-refractivity contribution in [2.45, 2.75) is 12.0 Å². The number of hydrogen-bond acceptors (Lipinski definition) is 3. The molecule has 0 amide bonds. The van der Waals surface area contributed by atoms with Gasteiger partial charge in [-0.2, -0.15) is 0 Å². The number of rotatable bonds is 4. The molecule has 0 bridgehead atoms. The first-order chi connectivity index (χ1) is 30.2. The Morgan fingerprint density at radius 2 is 1.10 bits per heavy atom. The van der Waals surface area contributed by atoms with Gasteiger partial charge in [0.25, 0.3) is 0 Å². The average molecular weight is 777 g/mol. The van der Waals surface area contributed by atoms with Crippen molar-refractivity contribution in [3.05, 3.63) is 229 Å². The predicted molar refractivity (Wildman–Crippen MR) is 253 cm³/mol. The van der Waals surface area contributed by atoms with Gasteiger partial charge in [0, 0.05) is 38.4 Å². The molecule has 2 atom stereocenters. The van der Waals surface area contributed by atoms with E-state index in [0.29, 0.717) is 0 Å². The van der Waals surface area contributed by atoms with Gasteiger partial charge in [-0.15, -0.1) is 0 Å². The molecule has 9 aromatic carbocycles. The summed E-state index contributed by atoms with van der Waals surface area (Å²) in [5.74, 6) is 0.961. The third-order valence-corrected chi connectivity index (χ3v) is 13.0. The van der Waals surface area contributed by atoms with E-state index >= 15 is 0 Å². The topological polar surface area (TPSA) is 34.5 Å². The quantitative estimate of drug-likeness (QED) is 0.132. The zero-order valence-corrected chi connectivity index (χ0v) is 33.1. The number of benzene rings is 9. The maximum Gasteiger partial charge on any atom is 0.135 e. The molecule has 13 rings (SSSR count). The molecule has 3 nitrogen and oxygen atoms in total. The first kappa shape index (κ1) is 34.0. The highest BCUT2D eigenvalue weighted by atomic mass is 16.5. The number of aromatic nitrogens is 1. The van der Waals surface area contributed by atoms with Crippen LogP contribution < -0.4 is 4.74 Å². The highest BCUT2D eigenvalue weighted by Crippen LogP contribution is 2.53. The van der Waals surface area contributed by atoms with Crippen molar-refractivity contribution in [3.63, 3.8) is 0 Å². The summed E-state index contributed by atoms with van der Waals surface area (Å²) in [6, 6.07) is 69.8. The summed E-state index contributed by atoms with van der Waals surface area (Å²) in [5.41, 5.74) is 15.6. The van der Waals surface area contributed by atoms with Crippen LogP contribution in [0.3, 0.4) is 0 Å². The van der Waals surface area contributed by atoms with Crippen LogP contribution in [0.2, 0.25) is 0 Å². The molecule has 2 unspecified atom stereocenters. The van der Waals surface area contributed by atoms with E-state index in [0.717, 1.165) is 61.6 Å². The molecule has 0 saturated carbocycles. The highest BCUT2D eigenvalue weighted by molar-refractivity contribution is 6.26. The zero-order chi connectivity index (χ0) is 40.0. The number of aliphatic imine (C=N–C) groups is 1. The van der Waals surface area contributed by atoms with Crippen LogP contribution in [0.5, 0.6) is 5.75 Å². The van der Waals surface area contributed by atoms with Crippen LogP contribution in [0.4, 0.5) is 5.69 Å². The molecule has 3 aliphatic rings. The van der Waals surface area contributed by atoms with Crippen LogP contribution in [0, 0.1) is 0 Å². The van der Waals surface area contributed by atoms with Crippen molar-refractivity contribution in [1.82, 2.24) is 4.98 Å².